The van der Waals surface area contributed by atoms with E-state index in [1.165, 1.54) is 17.6 Å². The Bertz CT molecular complexity index is 480. The second kappa shape index (κ2) is 2.97. The Morgan fingerprint density at radius 2 is 2.31 bits per heavy atom. The number of nitrogens with zero attached hydrogens (tertiary/aromatic N) is 1. The highest BCUT2D eigenvalue weighted by Gasteiger charge is 2.08. The number of fused-ring (bicyclic) bond motifs is 1. The fraction of sp³-hybridized carbons (Fsp3) is 0. The van der Waals surface area contributed by atoms with Crippen LogP contribution in [0.4, 0.5) is 0 Å². The van der Waals surface area contributed by atoms with Crippen LogP contribution in [0.2, 0.25) is 5.02 Å². The largest absolute Gasteiger partial charge is 0.478 e. The van der Waals surface area contributed by atoms with Crippen molar-refractivity contribution in [2.45, 2.75) is 0 Å². The Hall–Kier alpha value is -1.13. The van der Waals surface area contributed by atoms with E-state index in [0.717, 1.165) is 10.1 Å². The van der Waals surface area contributed by atoms with Crippen LogP contribution in [0.1, 0.15) is 10.4 Å². The van der Waals surface area contributed by atoms with Crippen LogP contribution in [0.25, 0.3) is 10.1 Å². The molecule has 0 bridgehead atoms. The van der Waals surface area contributed by atoms with Crippen LogP contribution in [-0.2, 0) is 0 Å². The second-order valence-corrected chi connectivity index (χ2v) is 3.74. The van der Waals surface area contributed by atoms with Crippen molar-refractivity contribution >= 4 is 39.2 Å². The fourth-order valence-electron chi connectivity index (χ4n) is 1.05. The van der Waals surface area contributed by atoms with Gasteiger partial charge in [0.05, 0.1) is 21.5 Å². The summed E-state index contributed by atoms with van der Waals surface area (Å²) in [5, 5.41) is 9.97. The molecule has 0 aliphatic heterocycles. The number of aromatic nitrogens is 1. The first-order valence-electron chi connectivity index (χ1n) is 3.45. The summed E-state index contributed by atoms with van der Waals surface area (Å²) in [7, 11) is 0. The Morgan fingerprint density at radius 3 is 3.00 bits per heavy atom. The van der Waals surface area contributed by atoms with Crippen molar-refractivity contribution in [2.24, 2.45) is 0 Å². The van der Waals surface area contributed by atoms with E-state index in [9.17, 15) is 4.79 Å². The maximum atomic E-state index is 10.6. The normalized spacial score (nSPS) is 10.5. The van der Waals surface area contributed by atoms with Gasteiger partial charge in [-0.2, -0.15) is 4.37 Å². The molecule has 0 aliphatic rings. The number of aromatic carboxylic acids is 1. The molecule has 5 heteroatoms. The highest BCUT2D eigenvalue weighted by molar-refractivity contribution is 7.13. The molecule has 0 saturated carbocycles. The first kappa shape index (κ1) is 8.47. The third kappa shape index (κ3) is 1.38. The van der Waals surface area contributed by atoms with Crippen molar-refractivity contribution in [1.29, 1.82) is 0 Å². The van der Waals surface area contributed by atoms with Crippen LogP contribution in [0.3, 0.4) is 0 Å². The predicted molar refractivity (Wildman–Crippen MR) is 51.6 cm³/mol. The molecule has 1 aromatic carbocycles. The zero-order chi connectivity index (χ0) is 9.42. The summed E-state index contributed by atoms with van der Waals surface area (Å²) in [5.41, 5.74) is 0.196. The van der Waals surface area contributed by atoms with Crippen LogP contribution in [0.15, 0.2) is 18.3 Å². The Kier molecular flexibility index (Phi) is 1.94. The Morgan fingerprint density at radius 1 is 1.54 bits per heavy atom. The molecular formula is C8H4ClNO2S. The molecule has 0 radical (unpaired) electrons. The number of carboxylic acids is 1. The molecule has 0 amide bonds. The lowest BCUT2D eigenvalue weighted by atomic mass is 10.2. The summed E-state index contributed by atoms with van der Waals surface area (Å²) < 4.78 is 4.72. The van der Waals surface area contributed by atoms with Crippen LogP contribution in [0, 0.1) is 0 Å². The summed E-state index contributed by atoms with van der Waals surface area (Å²) in [4.78, 5) is 10.6. The SMILES string of the molecule is O=C(O)c1cc(Cl)c2cnsc2c1. The summed E-state index contributed by atoms with van der Waals surface area (Å²) in [6.07, 6.45) is 1.63. The predicted octanol–water partition coefficient (Wildman–Crippen LogP) is 2.65. The summed E-state index contributed by atoms with van der Waals surface area (Å²) >= 11 is 7.09. The summed E-state index contributed by atoms with van der Waals surface area (Å²) in [5.74, 6) is -0.975. The quantitative estimate of drug-likeness (QED) is 0.792. The molecule has 0 saturated heterocycles. The monoisotopic (exact) mass is 213 g/mol. The van der Waals surface area contributed by atoms with Crippen LogP contribution in [-0.4, -0.2) is 15.4 Å². The van der Waals surface area contributed by atoms with Gasteiger partial charge in [-0.3, -0.25) is 0 Å². The van der Waals surface area contributed by atoms with Gasteiger partial charge in [-0.05, 0) is 23.7 Å². The lowest BCUT2D eigenvalue weighted by Crippen LogP contribution is -1.94. The van der Waals surface area contributed by atoms with Gasteiger partial charge in [0, 0.05) is 5.39 Å². The average Bonchev–Trinajstić information content (AvgIpc) is 2.51. The zero-order valence-corrected chi connectivity index (χ0v) is 7.89. The highest BCUT2D eigenvalue weighted by Crippen LogP contribution is 2.27. The van der Waals surface area contributed by atoms with Gasteiger partial charge in [0.1, 0.15) is 0 Å². The van der Waals surface area contributed by atoms with Gasteiger partial charge >= 0.3 is 5.97 Å². The van der Waals surface area contributed by atoms with E-state index >= 15 is 0 Å². The van der Waals surface area contributed by atoms with Gasteiger partial charge < -0.3 is 5.11 Å². The van der Waals surface area contributed by atoms with Crippen molar-refractivity contribution in [1.82, 2.24) is 4.37 Å². The van der Waals surface area contributed by atoms with E-state index < -0.39 is 5.97 Å². The van der Waals surface area contributed by atoms with Gasteiger partial charge in [-0.15, -0.1) is 0 Å². The van der Waals surface area contributed by atoms with E-state index in [1.807, 2.05) is 0 Å². The third-order valence-corrected chi connectivity index (χ3v) is 2.73. The topological polar surface area (TPSA) is 50.2 Å². The number of hydrogen-bond donors (Lipinski definition) is 1. The lowest BCUT2D eigenvalue weighted by Gasteiger charge is -1.96. The molecule has 0 spiro atoms. The van der Waals surface area contributed by atoms with Crippen LogP contribution < -0.4 is 0 Å². The van der Waals surface area contributed by atoms with Crippen LogP contribution in [0.5, 0.6) is 0 Å². The van der Waals surface area contributed by atoms with Crippen molar-refractivity contribution in [2.75, 3.05) is 0 Å². The number of benzene rings is 1. The van der Waals surface area contributed by atoms with Gasteiger partial charge in [0.2, 0.25) is 0 Å². The molecule has 13 heavy (non-hydrogen) atoms. The van der Waals surface area contributed by atoms with Crippen molar-refractivity contribution in [3.05, 3.63) is 28.9 Å². The van der Waals surface area contributed by atoms with Gasteiger partial charge in [-0.1, -0.05) is 11.6 Å². The maximum absolute atomic E-state index is 10.6. The number of carboxylic acid groups (broad SMARTS) is 1. The minimum absolute atomic E-state index is 0.196. The first-order chi connectivity index (χ1) is 6.18. The zero-order valence-electron chi connectivity index (χ0n) is 6.32. The van der Waals surface area contributed by atoms with Gasteiger partial charge in [-0.25, -0.2) is 4.79 Å². The molecule has 1 aromatic heterocycles. The molecule has 1 heterocycles. The average molecular weight is 214 g/mol. The van der Waals surface area contributed by atoms with Crippen molar-refractivity contribution < 1.29 is 9.90 Å². The first-order valence-corrected chi connectivity index (χ1v) is 4.61. The Labute approximate surface area is 82.7 Å². The standard InChI is InChI=1S/C8H4ClNO2S/c9-6-1-4(8(11)12)2-7-5(6)3-10-13-7/h1-3H,(H,11,12). The second-order valence-electron chi connectivity index (χ2n) is 2.50. The molecule has 66 valence electrons. The lowest BCUT2D eigenvalue weighted by molar-refractivity contribution is 0.0697. The molecular weight excluding hydrogens is 210 g/mol. The molecule has 3 nitrogen and oxygen atoms in total. The van der Waals surface area contributed by atoms with E-state index in [1.54, 1.807) is 12.3 Å². The van der Waals surface area contributed by atoms with Crippen LogP contribution >= 0.6 is 23.1 Å². The minimum atomic E-state index is -0.975. The number of hydrogen-bond acceptors (Lipinski definition) is 3. The molecule has 2 rings (SSSR count). The number of rotatable bonds is 1. The highest BCUT2D eigenvalue weighted by atomic mass is 35.5. The Balaban J connectivity index is 2.77. The number of carbonyl (C=O) groups is 1. The van der Waals surface area contributed by atoms with E-state index in [2.05, 4.69) is 4.37 Å². The molecule has 0 aliphatic carbocycles. The van der Waals surface area contributed by atoms with Gasteiger partial charge in [0.25, 0.3) is 0 Å². The van der Waals surface area contributed by atoms with Gasteiger partial charge in [0.15, 0.2) is 0 Å². The fourth-order valence-corrected chi connectivity index (χ4v) is 2.09. The molecule has 1 N–H and O–H groups in total. The maximum Gasteiger partial charge on any atom is 0.335 e. The number of halogens is 1. The summed E-state index contributed by atoms with van der Waals surface area (Å²) in [6, 6.07) is 3.00. The molecule has 0 unspecified atom stereocenters. The summed E-state index contributed by atoms with van der Waals surface area (Å²) in [6.45, 7) is 0. The minimum Gasteiger partial charge on any atom is -0.478 e. The van der Waals surface area contributed by atoms with Crippen molar-refractivity contribution in [3.63, 3.8) is 0 Å². The third-order valence-electron chi connectivity index (χ3n) is 1.67. The van der Waals surface area contributed by atoms with E-state index in [-0.39, 0.29) is 5.56 Å². The van der Waals surface area contributed by atoms with E-state index in [4.69, 9.17) is 16.7 Å². The molecule has 2 aromatic rings. The smallest absolute Gasteiger partial charge is 0.335 e. The van der Waals surface area contributed by atoms with Crippen molar-refractivity contribution in [3.8, 4) is 0 Å². The molecule has 0 atom stereocenters. The van der Waals surface area contributed by atoms with E-state index in [0.29, 0.717) is 5.02 Å². The molecule has 0 fully saturated rings.